The van der Waals surface area contributed by atoms with E-state index in [1.807, 2.05) is 24.4 Å². The summed E-state index contributed by atoms with van der Waals surface area (Å²) in [5.74, 6) is 0. The number of fused-ring (bicyclic) bond motifs is 1. The fourth-order valence-electron chi connectivity index (χ4n) is 1.78. The van der Waals surface area contributed by atoms with Crippen molar-refractivity contribution in [3.63, 3.8) is 0 Å². The predicted octanol–water partition coefficient (Wildman–Crippen LogP) is 3.14. The highest BCUT2D eigenvalue weighted by atomic mass is 35.5. The summed E-state index contributed by atoms with van der Waals surface area (Å²) >= 11 is 5.95. The van der Waals surface area contributed by atoms with E-state index in [0.29, 0.717) is 0 Å². The Morgan fingerprint density at radius 1 is 1.27 bits per heavy atom. The summed E-state index contributed by atoms with van der Waals surface area (Å²) in [6, 6.07) is 5.87. The molecule has 3 heteroatoms. The van der Waals surface area contributed by atoms with Crippen molar-refractivity contribution >= 4 is 22.5 Å². The lowest BCUT2D eigenvalue weighted by atomic mass is 10.1. The highest BCUT2D eigenvalue weighted by molar-refractivity contribution is 6.31. The number of aromatic nitrogens is 1. The van der Waals surface area contributed by atoms with Crippen LogP contribution in [0.3, 0.4) is 0 Å². The van der Waals surface area contributed by atoms with Crippen LogP contribution in [0.25, 0.3) is 10.9 Å². The number of rotatable bonds is 4. The first kappa shape index (κ1) is 10.5. The molecule has 0 spiro atoms. The second kappa shape index (κ2) is 4.69. The van der Waals surface area contributed by atoms with Crippen molar-refractivity contribution in [2.45, 2.75) is 19.3 Å². The van der Waals surface area contributed by atoms with Crippen LogP contribution in [0.5, 0.6) is 0 Å². The minimum absolute atomic E-state index is 0.267. The number of aliphatic hydroxyl groups excluding tert-OH is 1. The third kappa shape index (κ3) is 2.33. The number of hydrogen-bond acceptors (Lipinski definition) is 1. The molecular weight excluding hydrogens is 210 g/mol. The zero-order valence-electron chi connectivity index (χ0n) is 8.46. The van der Waals surface area contributed by atoms with Gasteiger partial charge in [-0.1, -0.05) is 11.6 Å². The van der Waals surface area contributed by atoms with Gasteiger partial charge in [-0.15, -0.1) is 0 Å². The first-order chi connectivity index (χ1) is 7.31. The Bertz CT molecular complexity index is 450. The van der Waals surface area contributed by atoms with Gasteiger partial charge in [0.15, 0.2) is 0 Å². The van der Waals surface area contributed by atoms with E-state index in [0.717, 1.165) is 29.8 Å². The SMILES string of the molecule is OCCCCc1c[nH]c2ccc(Cl)cc12. The summed E-state index contributed by atoms with van der Waals surface area (Å²) in [6.07, 6.45) is 4.88. The van der Waals surface area contributed by atoms with Crippen molar-refractivity contribution in [3.8, 4) is 0 Å². The van der Waals surface area contributed by atoms with Gasteiger partial charge in [0, 0.05) is 28.7 Å². The van der Waals surface area contributed by atoms with Gasteiger partial charge in [0.1, 0.15) is 0 Å². The van der Waals surface area contributed by atoms with Crippen LogP contribution in [0.15, 0.2) is 24.4 Å². The molecule has 0 unspecified atom stereocenters. The van der Waals surface area contributed by atoms with E-state index >= 15 is 0 Å². The van der Waals surface area contributed by atoms with Crippen LogP contribution in [-0.2, 0) is 6.42 Å². The average Bonchev–Trinajstić information content (AvgIpc) is 2.62. The molecule has 15 heavy (non-hydrogen) atoms. The van der Waals surface area contributed by atoms with Crippen LogP contribution in [0, 0.1) is 0 Å². The maximum absolute atomic E-state index is 8.72. The van der Waals surface area contributed by atoms with Gasteiger partial charge in [-0.3, -0.25) is 0 Å². The van der Waals surface area contributed by atoms with Crippen LogP contribution >= 0.6 is 11.6 Å². The Balaban J connectivity index is 2.23. The number of H-pyrrole nitrogens is 1. The molecule has 0 bridgehead atoms. The fourth-order valence-corrected chi connectivity index (χ4v) is 1.96. The summed E-state index contributed by atoms with van der Waals surface area (Å²) in [7, 11) is 0. The lowest BCUT2D eigenvalue weighted by molar-refractivity contribution is 0.284. The van der Waals surface area contributed by atoms with E-state index in [-0.39, 0.29) is 6.61 Å². The minimum atomic E-state index is 0.267. The molecule has 1 aromatic carbocycles. The molecule has 0 atom stereocenters. The van der Waals surface area contributed by atoms with Crippen LogP contribution in [0.4, 0.5) is 0 Å². The van der Waals surface area contributed by atoms with Gasteiger partial charge in [0.2, 0.25) is 0 Å². The quantitative estimate of drug-likeness (QED) is 0.768. The van der Waals surface area contributed by atoms with Crippen molar-refractivity contribution in [1.29, 1.82) is 0 Å². The molecule has 2 aromatic rings. The number of hydrogen-bond donors (Lipinski definition) is 2. The van der Waals surface area contributed by atoms with Crippen LogP contribution in [0.1, 0.15) is 18.4 Å². The number of aryl methyl sites for hydroxylation is 1. The van der Waals surface area contributed by atoms with E-state index in [9.17, 15) is 0 Å². The maximum atomic E-state index is 8.72. The summed E-state index contributed by atoms with van der Waals surface area (Å²) in [4.78, 5) is 3.22. The number of halogens is 1. The van der Waals surface area contributed by atoms with Gasteiger partial charge in [-0.05, 0) is 43.0 Å². The number of benzene rings is 1. The van der Waals surface area contributed by atoms with Gasteiger partial charge < -0.3 is 10.1 Å². The Kier molecular flexibility index (Phi) is 3.29. The fraction of sp³-hybridized carbons (Fsp3) is 0.333. The zero-order valence-corrected chi connectivity index (χ0v) is 9.22. The molecule has 1 aromatic heterocycles. The smallest absolute Gasteiger partial charge is 0.0457 e. The van der Waals surface area contributed by atoms with Gasteiger partial charge >= 0.3 is 0 Å². The lowest BCUT2D eigenvalue weighted by Crippen LogP contribution is -1.87. The van der Waals surface area contributed by atoms with E-state index in [2.05, 4.69) is 4.98 Å². The second-order valence-electron chi connectivity index (χ2n) is 3.68. The highest BCUT2D eigenvalue weighted by Gasteiger charge is 2.03. The molecule has 2 nitrogen and oxygen atoms in total. The molecule has 2 N–H and O–H groups in total. The Morgan fingerprint density at radius 2 is 2.13 bits per heavy atom. The topological polar surface area (TPSA) is 36.0 Å². The lowest BCUT2D eigenvalue weighted by Gasteiger charge is -1.98. The van der Waals surface area contributed by atoms with Gasteiger partial charge in [-0.2, -0.15) is 0 Å². The van der Waals surface area contributed by atoms with Crippen LogP contribution < -0.4 is 0 Å². The van der Waals surface area contributed by atoms with E-state index in [1.54, 1.807) is 0 Å². The molecule has 1 heterocycles. The van der Waals surface area contributed by atoms with Gasteiger partial charge in [0.05, 0.1) is 0 Å². The molecule has 0 aliphatic heterocycles. The highest BCUT2D eigenvalue weighted by Crippen LogP contribution is 2.23. The summed E-state index contributed by atoms with van der Waals surface area (Å²) in [5, 5.41) is 10.7. The van der Waals surface area contributed by atoms with Crippen LogP contribution in [-0.4, -0.2) is 16.7 Å². The van der Waals surface area contributed by atoms with Crippen molar-refractivity contribution < 1.29 is 5.11 Å². The molecule has 0 saturated heterocycles. The number of aromatic amines is 1. The molecular formula is C12H14ClNO. The molecule has 0 fully saturated rings. The number of nitrogens with one attached hydrogen (secondary N) is 1. The van der Waals surface area contributed by atoms with E-state index in [1.165, 1.54) is 10.9 Å². The van der Waals surface area contributed by atoms with Gasteiger partial charge in [0.25, 0.3) is 0 Å². The minimum Gasteiger partial charge on any atom is -0.396 e. The third-order valence-corrected chi connectivity index (χ3v) is 2.82. The van der Waals surface area contributed by atoms with E-state index in [4.69, 9.17) is 16.7 Å². The van der Waals surface area contributed by atoms with E-state index < -0.39 is 0 Å². The first-order valence-electron chi connectivity index (χ1n) is 5.17. The summed E-state index contributed by atoms with van der Waals surface area (Å²) in [6.45, 7) is 0.267. The average molecular weight is 224 g/mol. The molecule has 80 valence electrons. The normalized spacial score (nSPS) is 11.1. The third-order valence-electron chi connectivity index (χ3n) is 2.58. The largest absolute Gasteiger partial charge is 0.396 e. The Labute approximate surface area is 93.9 Å². The number of aliphatic hydroxyl groups is 1. The first-order valence-corrected chi connectivity index (χ1v) is 5.55. The number of unbranched alkanes of at least 4 members (excludes halogenated alkanes) is 1. The summed E-state index contributed by atoms with van der Waals surface area (Å²) < 4.78 is 0. The maximum Gasteiger partial charge on any atom is 0.0457 e. The second-order valence-corrected chi connectivity index (χ2v) is 4.12. The molecule has 0 radical (unpaired) electrons. The molecule has 2 rings (SSSR count). The van der Waals surface area contributed by atoms with Crippen molar-refractivity contribution in [2.24, 2.45) is 0 Å². The molecule has 0 aliphatic rings. The molecule has 0 saturated carbocycles. The zero-order chi connectivity index (χ0) is 10.7. The van der Waals surface area contributed by atoms with Gasteiger partial charge in [-0.25, -0.2) is 0 Å². The predicted molar refractivity (Wildman–Crippen MR) is 63.3 cm³/mol. The standard InChI is InChI=1S/C12H14ClNO/c13-10-4-5-12-11(7-10)9(8-14-12)3-1-2-6-15/h4-5,7-8,14-15H,1-3,6H2. The Morgan fingerprint density at radius 3 is 2.93 bits per heavy atom. The van der Waals surface area contributed by atoms with Crippen molar-refractivity contribution in [3.05, 3.63) is 35.0 Å². The van der Waals surface area contributed by atoms with Crippen molar-refractivity contribution in [1.82, 2.24) is 4.98 Å². The van der Waals surface area contributed by atoms with Crippen LogP contribution in [0.2, 0.25) is 5.02 Å². The molecule has 0 aliphatic carbocycles. The molecule has 0 amide bonds. The summed E-state index contributed by atoms with van der Waals surface area (Å²) in [5.41, 5.74) is 2.40. The van der Waals surface area contributed by atoms with Crippen molar-refractivity contribution in [2.75, 3.05) is 6.61 Å². The monoisotopic (exact) mass is 223 g/mol. The Hall–Kier alpha value is -0.990.